The third-order valence-electron chi connectivity index (χ3n) is 16.6. The van der Waals surface area contributed by atoms with Crippen LogP contribution >= 0.6 is 0 Å². The number of aromatic carboxylic acids is 1. The zero-order valence-electron chi connectivity index (χ0n) is 61.4. The summed E-state index contributed by atoms with van der Waals surface area (Å²) in [6.07, 6.45) is 5.73. The Bertz CT molecular complexity index is 4790. The molecular weight excluding hydrogens is 1360 g/mol. The van der Waals surface area contributed by atoms with Crippen molar-refractivity contribution < 1.29 is 49.0 Å². The number of aliphatic hydroxyl groups is 3. The summed E-state index contributed by atoms with van der Waals surface area (Å²) in [5.74, 6) is 1.83. The smallest absolute Gasteiger partial charge is 0.339 e. The molecule has 9 heterocycles. The summed E-state index contributed by atoms with van der Waals surface area (Å²) in [6.45, 7) is 23.2. The number of ether oxygens (including phenoxy) is 3. The van der Waals surface area contributed by atoms with Gasteiger partial charge in [-0.1, -0.05) is 18.2 Å². The van der Waals surface area contributed by atoms with Crippen molar-refractivity contribution in [1.29, 1.82) is 0 Å². The van der Waals surface area contributed by atoms with Crippen molar-refractivity contribution in [2.45, 2.75) is 119 Å². The summed E-state index contributed by atoms with van der Waals surface area (Å²) < 4.78 is 26.2. The summed E-state index contributed by atoms with van der Waals surface area (Å²) in [5.41, 5.74) is 15.6. The fourth-order valence-corrected chi connectivity index (χ4v) is 10.6. The van der Waals surface area contributed by atoms with Gasteiger partial charge in [-0.25, -0.2) is 33.8 Å². The van der Waals surface area contributed by atoms with Crippen LogP contribution in [-0.4, -0.2) is 184 Å². The Hall–Kier alpha value is -12.6. The minimum Gasteiger partial charge on any atom is -0.496 e. The number of hydrogen-bond acceptors (Lipinski definition) is 25. The van der Waals surface area contributed by atoms with Crippen LogP contribution in [0.15, 0.2) is 128 Å². The Kier molecular flexibility index (Phi) is 25.7. The SMILES string of the molecule is COc1cc(C)c(-c2ccn(C(C)C)n2)cc1C(=O)Nc1cccc(-c2nnnn2[C@H](C)CO)n1.COc1cc(C)c(-c2ccn(C(C)C)n2)cc1C(=O)Nc1cccc(-c2nnnn2[C@H](C)CO)n1.COc1cc(C)c(-c2ccn(C(C)C)n2)cc1C(=O)O.C[C@H](CO)n1nnnc1-c1cccc(N)n1. The van der Waals surface area contributed by atoms with Gasteiger partial charge in [0.25, 0.3) is 11.8 Å². The van der Waals surface area contributed by atoms with E-state index in [1.165, 1.54) is 35.4 Å². The number of hydrogen-bond donors (Lipinski definition) is 7. The van der Waals surface area contributed by atoms with Gasteiger partial charge in [-0.2, -0.15) is 15.3 Å². The van der Waals surface area contributed by atoms with Gasteiger partial charge in [0.1, 0.15) is 57.3 Å². The number of aryl methyl sites for hydroxylation is 3. The second kappa shape index (κ2) is 35.1. The fraction of sp³-hybridized carbons (Fsp3) is 0.333. The third-order valence-corrected chi connectivity index (χ3v) is 16.6. The molecule has 0 spiro atoms. The molecule has 34 heteroatoms. The maximum atomic E-state index is 13.3. The van der Waals surface area contributed by atoms with Crippen LogP contribution in [0.3, 0.4) is 0 Å². The van der Waals surface area contributed by atoms with E-state index in [0.29, 0.717) is 80.4 Å². The first-order valence-corrected chi connectivity index (χ1v) is 33.7. The van der Waals surface area contributed by atoms with Crippen LogP contribution < -0.4 is 30.6 Å². The number of carboxylic acid groups (broad SMARTS) is 1. The summed E-state index contributed by atoms with van der Waals surface area (Å²) in [5, 5.41) is 91.2. The van der Waals surface area contributed by atoms with Crippen LogP contribution in [0.1, 0.15) is 146 Å². The highest BCUT2D eigenvalue weighted by Gasteiger charge is 2.24. The maximum absolute atomic E-state index is 13.3. The standard InChI is InChI=1S/2C24H28N8O3.C15H18N2O3.C9H12N6O/c2*1-14(2)31-10-9-19(28-31)17-12-18(21(35-5)11-15(17)3)24(34)26-22-8-6-7-20(25-22)23-27-29-30-32(23)16(4)13-33;1-9(2)17-6-5-13(16-17)11-8-12(15(18)19)14(20-4)7-10(11)3;1-6(5-16)15-9(12-13-14-15)7-3-2-4-8(10)11-7/h2*6-12,14,16,33H,13H2,1-5H3,(H,25,26,34);5-9H,1-4H3,(H,18,19);2-4,6,16H,5H2,1H3,(H2,10,11)/t2*16-;;6-/m11.1/s1. The molecule has 0 aliphatic carbocycles. The van der Waals surface area contributed by atoms with E-state index < -0.39 is 5.97 Å². The van der Waals surface area contributed by atoms with E-state index >= 15 is 0 Å². The number of carboxylic acids is 1. The zero-order valence-corrected chi connectivity index (χ0v) is 61.4. The molecule has 8 N–H and O–H groups in total. The second-order valence-corrected chi connectivity index (χ2v) is 25.3. The largest absolute Gasteiger partial charge is 0.496 e. The Labute approximate surface area is 610 Å². The van der Waals surface area contributed by atoms with Crippen LogP contribution in [-0.2, 0) is 0 Å². The summed E-state index contributed by atoms with van der Waals surface area (Å²) in [6, 6.07) is 31.7. The fourth-order valence-electron chi connectivity index (χ4n) is 10.6. The number of amides is 2. The molecule has 3 atom stereocenters. The van der Waals surface area contributed by atoms with Crippen LogP contribution in [0, 0.1) is 20.8 Å². The molecule has 0 fully saturated rings. The molecule has 9 aromatic heterocycles. The van der Waals surface area contributed by atoms with Crippen LogP contribution in [0.5, 0.6) is 17.2 Å². The Balaban J connectivity index is 0.000000171. The summed E-state index contributed by atoms with van der Waals surface area (Å²) in [7, 11) is 4.52. The normalized spacial score (nSPS) is 11.9. The highest BCUT2D eigenvalue weighted by atomic mass is 16.5. The highest BCUT2D eigenvalue weighted by Crippen LogP contribution is 2.35. The van der Waals surface area contributed by atoms with Crippen molar-refractivity contribution in [2.24, 2.45) is 0 Å². The number of aliphatic hydroxyl groups excluding tert-OH is 3. The van der Waals surface area contributed by atoms with E-state index in [4.69, 9.17) is 25.1 Å². The van der Waals surface area contributed by atoms with Crippen LogP contribution in [0.2, 0.25) is 0 Å². The van der Waals surface area contributed by atoms with E-state index in [-0.39, 0.29) is 73.4 Å². The molecule has 0 aliphatic rings. The van der Waals surface area contributed by atoms with Crippen molar-refractivity contribution in [3.05, 3.63) is 161 Å². The number of nitrogens with two attached hydrogens (primary N) is 1. The van der Waals surface area contributed by atoms with E-state index in [9.17, 15) is 29.7 Å². The average molecular weight is 1450 g/mol. The lowest BCUT2D eigenvalue weighted by molar-refractivity contribution is 0.0692. The van der Waals surface area contributed by atoms with E-state index in [1.807, 2.05) is 105 Å². The zero-order chi connectivity index (χ0) is 76.6. The Morgan fingerprint density at radius 3 is 1.04 bits per heavy atom. The Morgan fingerprint density at radius 2 is 0.745 bits per heavy atom. The molecule has 554 valence electrons. The number of rotatable bonds is 23. The molecule has 12 aromatic rings. The molecule has 12 rings (SSSR count). The van der Waals surface area contributed by atoms with E-state index in [0.717, 1.165) is 50.5 Å². The molecule has 2 amide bonds. The monoisotopic (exact) mass is 1450 g/mol. The van der Waals surface area contributed by atoms with E-state index in [1.54, 1.807) is 92.7 Å². The van der Waals surface area contributed by atoms with Gasteiger partial charge in [0.2, 0.25) is 17.5 Å². The highest BCUT2D eigenvalue weighted by molar-refractivity contribution is 6.07. The van der Waals surface area contributed by atoms with Gasteiger partial charge in [0, 0.05) is 53.4 Å². The molecule has 0 saturated carbocycles. The maximum Gasteiger partial charge on any atom is 0.339 e. The molecule has 0 radical (unpaired) electrons. The lowest BCUT2D eigenvalue weighted by Crippen LogP contribution is -2.16. The van der Waals surface area contributed by atoms with Gasteiger partial charge in [-0.05, 0) is 222 Å². The van der Waals surface area contributed by atoms with Crippen molar-refractivity contribution in [3.8, 4) is 85.6 Å². The van der Waals surface area contributed by atoms with Crippen molar-refractivity contribution in [3.63, 3.8) is 0 Å². The van der Waals surface area contributed by atoms with Crippen molar-refractivity contribution >= 4 is 35.2 Å². The number of benzene rings is 3. The van der Waals surface area contributed by atoms with Gasteiger partial charge in [-0.3, -0.25) is 23.6 Å². The molecule has 3 aromatic carbocycles. The summed E-state index contributed by atoms with van der Waals surface area (Å²) in [4.78, 5) is 51.0. The molecule has 0 unspecified atom stereocenters. The molecule has 0 bridgehead atoms. The topological polar surface area (TPSA) is 433 Å². The molecular formula is C72H86N24O10. The molecule has 0 saturated heterocycles. The van der Waals surface area contributed by atoms with Gasteiger partial charge < -0.3 is 51.0 Å². The number of tetrazole rings is 3. The van der Waals surface area contributed by atoms with Gasteiger partial charge in [0.05, 0.1) is 87.5 Å². The third kappa shape index (κ3) is 18.3. The van der Waals surface area contributed by atoms with Crippen molar-refractivity contribution in [1.82, 2.24) is 105 Å². The number of aromatic nitrogens is 21. The molecule has 34 nitrogen and oxygen atoms in total. The van der Waals surface area contributed by atoms with Crippen LogP contribution in [0.25, 0.3) is 68.3 Å². The number of nitrogens with one attached hydrogen (secondary N) is 2. The average Bonchev–Trinajstić information content (AvgIpc) is 1.35. The summed E-state index contributed by atoms with van der Waals surface area (Å²) >= 11 is 0. The Morgan fingerprint density at radius 1 is 0.434 bits per heavy atom. The van der Waals surface area contributed by atoms with Crippen molar-refractivity contribution in [2.75, 3.05) is 57.5 Å². The van der Waals surface area contributed by atoms with E-state index in [2.05, 4.69) is 115 Å². The number of carbonyl (C=O) groups excluding carboxylic acids is 2. The van der Waals surface area contributed by atoms with Gasteiger partial charge in [-0.15, -0.1) is 15.3 Å². The minimum absolute atomic E-state index is 0.0413. The lowest BCUT2D eigenvalue weighted by Gasteiger charge is -2.14. The second-order valence-electron chi connectivity index (χ2n) is 25.3. The van der Waals surface area contributed by atoms with Gasteiger partial charge in [0.15, 0.2) is 0 Å². The van der Waals surface area contributed by atoms with Crippen LogP contribution in [0.4, 0.5) is 17.5 Å². The predicted molar refractivity (Wildman–Crippen MR) is 394 cm³/mol. The molecule has 0 aliphatic heterocycles. The first-order valence-electron chi connectivity index (χ1n) is 33.7. The number of pyridine rings is 3. The first-order chi connectivity index (χ1) is 50.8. The van der Waals surface area contributed by atoms with Gasteiger partial charge >= 0.3 is 5.97 Å². The lowest BCUT2D eigenvalue weighted by atomic mass is 10.0. The predicted octanol–water partition coefficient (Wildman–Crippen LogP) is 9.62. The number of anilines is 3. The number of methoxy groups -OCH3 is 3. The number of nitrogen functional groups attached to an aromatic ring is 1. The number of carbonyl (C=O) groups is 3. The first kappa shape index (κ1) is 77.6. The number of nitrogens with zero attached hydrogens (tertiary/aromatic N) is 21. The molecule has 106 heavy (non-hydrogen) atoms. The minimum atomic E-state index is -1.01. The quantitative estimate of drug-likeness (QED) is 0.0313.